The second kappa shape index (κ2) is 7.70. The van der Waals surface area contributed by atoms with E-state index in [0.29, 0.717) is 18.2 Å². The fraction of sp³-hybridized carbons (Fsp3) is 0.625. The van der Waals surface area contributed by atoms with Crippen LogP contribution in [-0.4, -0.2) is 18.7 Å². The van der Waals surface area contributed by atoms with Gasteiger partial charge in [-0.3, -0.25) is 0 Å². The Morgan fingerprint density at radius 1 is 1.15 bits per heavy atom. The van der Waals surface area contributed by atoms with E-state index in [-0.39, 0.29) is 6.10 Å². The molecule has 1 aliphatic carbocycles. The Hall–Kier alpha value is -1.00. The molecule has 0 bridgehead atoms. The summed E-state index contributed by atoms with van der Waals surface area (Å²) in [5, 5.41) is 3.53. The van der Waals surface area contributed by atoms with Crippen molar-refractivity contribution in [1.82, 2.24) is 5.32 Å². The van der Waals surface area contributed by atoms with E-state index < -0.39 is 11.6 Å². The van der Waals surface area contributed by atoms with Crippen molar-refractivity contribution < 1.29 is 13.5 Å². The average Bonchev–Trinajstić information content (AvgIpc) is 2.47. The van der Waals surface area contributed by atoms with Gasteiger partial charge < -0.3 is 10.1 Å². The third kappa shape index (κ3) is 4.53. The molecule has 1 aromatic carbocycles. The van der Waals surface area contributed by atoms with E-state index in [0.717, 1.165) is 44.7 Å². The van der Waals surface area contributed by atoms with E-state index in [1.165, 1.54) is 6.07 Å². The van der Waals surface area contributed by atoms with Gasteiger partial charge in [-0.15, -0.1) is 0 Å². The maximum absolute atomic E-state index is 13.1. The van der Waals surface area contributed by atoms with Gasteiger partial charge in [0.05, 0.1) is 12.7 Å². The predicted octanol–water partition coefficient (Wildman–Crippen LogP) is 3.79. The molecule has 1 saturated carbocycles. The molecule has 0 atom stereocenters. The Bertz CT molecular complexity index is 417. The Kier molecular flexibility index (Phi) is 5.92. The summed E-state index contributed by atoms with van der Waals surface area (Å²) in [6.45, 7) is 3.60. The van der Waals surface area contributed by atoms with Crippen LogP contribution in [0.2, 0.25) is 0 Å². The molecule has 4 heteroatoms. The Morgan fingerprint density at radius 2 is 1.90 bits per heavy atom. The fourth-order valence-corrected chi connectivity index (χ4v) is 2.63. The normalized spacial score (nSPS) is 22.9. The van der Waals surface area contributed by atoms with Crippen molar-refractivity contribution in [3.8, 4) is 0 Å². The largest absolute Gasteiger partial charge is 0.374 e. The van der Waals surface area contributed by atoms with Gasteiger partial charge in [0.2, 0.25) is 0 Å². The maximum Gasteiger partial charge on any atom is 0.159 e. The lowest BCUT2D eigenvalue weighted by atomic mass is 9.93. The number of nitrogens with one attached hydrogen (secondary N) is 1. The summed E-state index contributed by atoms with van der Waals surface area (Å²) in [6.07, 6.45) is 5.72. The van der Waals surface area contributed by atoms with Crippen molar-refractivity contribution >= 4 is 0 Å². The minimum atomic E-state index is -0.809. The van der Waals surface area contributed by atoms with Crippen molar-refractivity contribution in [3.05, 3.63) is 35.4 Å². The number of hydrogen-bond acceptors (Lipinski definition) is 2. The molecule has 0 aromatic heterocycles. The summed E-state index contributed by atoms with van der Waals surface area (Å²) in [5.41, 5.74) is 0.690. The maximum atomic E-state index is 13.1. The fourth-order valence-electron chi connectivity index (χ4n) is 2.63. The van der Waals surface area contributed by atoms with Gasteiger partial charge in [0, 0.05) is 6.04 Å². The first-order chi connectivity index (χ1) is 9.69. The van der Waals surface area contributed by atoms with E-state index in [2.05, 4.69) is 12.2 Å². The van der Waals surface area contributed by atoms with Gasteiger partial charge in [-0.2, -0.15) is 0 Å². The highest BCUT2D eigenvalue weighted by Gasteiger charge is 2.21. The van der Waals surface area contributed by atoms with E-state index in [9.17, 15) is 8.78 Å². The molecule has 112 valence electrons. The van der Waals surface area contributed by atoms with E-state index in [1.807, 2.05) is 0 Å². The highest BCUT2D eigenvalue weighted by atomic mass is 19.2. The van der Waals surface area contributed by atoms with Crippen LogP contribution in [0.25, 0.3) is 0 Å². The summed E-state index contributed by atoms with van der Waals surface area (Å²) >= 11 is 0. The van der Waals surface area contributed by atoms with Crippen molar-refractivity contribution in [2.24, 2.45) is 0 Å². The number of hydrogen-bond donors (Lipinski definition) is 1. The summed E-state index contributed by atoms with van der Waals surface area (Å²) in [5.74, 6) is -1.62. The number of halogens is 2. The van der Waals surface area contributed by atoms with Gasteiger partial charge in [0.1, 0.15) is 0 Å². The third-order valence-electron chi connectivity index (χ3n) is 3.83. The van der Waals surface area contributed by atoms with Crippen LogP contribution in [0.5, 0.6) is 0 Å². The first-order valence-corrected chi connectivity index (χ1v) is 7.48. The molecule has 0 unspecified atom stereocenters. The first-order valence-electron chi connectivity index (χ1n) is 7.48. The lowest BCUT2D eigenvalue weighted by Crippen LogP contribution is -2.35. The molecule has 1 N–H and O–H groups in total. The van der Waals surface area contributed by atoms with Crippen molar-refractivity contribution in [3.63, 3.8) is 0 Å². The molecule has 0 aliphatic heterocycles. The molecule has 1 aliphatic rings. The van der Waals surface area contributed by atoms with Gasteiger partial charge >= 0.3 is 0 Å². The van der Waals surface area contributed by atoms with Crippen LogP contribution in [0.4, 0.5) is 8.78 Å². The van der Waals surface area contributed by atoms with Crippen LogP contribution >= 0.6 is 0 Å². The predicted molar refractivity (Wildman–Crippen MR) is 75.5 cm³/mol. The quantitative estimate of drug-likeness (QED) is 0.857. The molecule has 1 aromatic rings. The standard InChI is InChI=1S/C16H23F2NO/c1-2-9-19-13-4-6-14(7-5-13)20-11-12-3-8-15(17)16(18)10-12/h3,8,10,13-14,19H,2,4-7,9,11H2,1H3. The summed E-state index contributed by atoms with van der Waals surface area (Å²) < 4.78 is 31.7. The number of rotatable bonds is 6. The molecule has 2 rings (SSSR count). The molecule has 2 nitrogen and oxygen atoms in total. The third-order valence-corrected chi connectivity index (χ3v) is 3.83. The van der Waals surface area contributed by atoms with Crippen LogP contribution in [0, 0.1) is 11.6 Å². The molecule has 0 saturated heterocycles. The van der Waals surface area contributed by atoms with E-state index in [1.54, 1.807) is 6.07 Å². The molecule has 0 radical (unpaired) electrons. The van der Waals surface area contributed by atoms with Gasteiger partial charge in [0.25, 0.3) is 0 Å². The van der Waals surface area contributed by atoms with Crippen LogP contribution in [0.3, 0.4) is 0 Å². The lowest BCUT2D eigenvalue weighted by Gasteiger charge is -2.29. The lowest BCUT2D eigenvalue weighted by molar-refractivity contribution is 0.0112. The molecule has 0 spiro atoms. The minimum Gasteiger partial charge on any atom is -0.374 e. The highest BCUT2D eigenvalue weighted by molar-refractivity contribution is 5.16. The molecular formula is C16H23F2NO. The Balaban J connectivity index is 1.71. The van der Waals surface area contributed by atoms with Gasteiger partial charge in [0.15, 0.2) is 11.6 Å². The molecular weight excluding hydrogens is 260 g/mol. The number of ether oxygens (including phenoxy) is 1. The summed E-state index contributed by atoms with van der Waals surface area (Å²) in [7, 11) is 0. The van der Waals surface area contributed by atoms with Crippen LogP contribution in [0.15, 0.2) is 18.2 Å². The molecule has 0 amide bonds. The van der Waals surface area contributed by atoms with E-state index >= 15 is 0 Å². The minimum absolute atomic E-state index is 0.239. The van der Waals surface area contributed by atoms with Gasteiger partial charge in [-0.25, -0.2) is 8.78 Å². The molecule has 0 heterocycles. The van der Waals surface area contributed by atoms with Crippen LogP contribution in [-0.2, 0) is 11.3 Å². The van der Waals surface area contributed by atoms with E-state index in [4.69, 9.17) is 4.74 Å². The van der Waals surface area contributed by atoms with Gasteiger partial charge in [-0.1, -0.05) is 13.0 Å². The first kappa shape index (κ1) is 15.4. The zero-order valence-corrected chi connectivity index (χ0v) is 12.0. The van der Waals surface area contributed by atoms with Gasteiger partial charge in [-0.05, 0) is 56.3 Å². The SMILES string of the molecule is CCCNC1CCC(OCc2ccc(F)c(F)c2)CC1. The summed E-state index contributed by atoms with van der Waals surface area (Å²) in [6, 6.07) is 4.55. The van der Waals surface area contributed by atoms with Crippen LogP contribution < -0.4 is 5.32 Å². The zero-order chi connectivity index (χ0) is 14.4. The van der Waals surface area contributed by atoms with Crippen molar-refractivity contribution in [1.29, 1.82) is 0 Å². The molecule has 20 heavy (non-hydrogen) atoms. The monoisotopic (exact) mass is 283 g/mol. The topological polar surface area (TPSA) is 21.3 Å². The average molecular weight is 283 g/mol. The number of benzene rings is 1. The van der Waals surface area contributed by atoms with Crippen molar-refractivity contribution in [2.45, 2.75) is 57.8 Å². The second-order valence-corrected chi connectivity index (χ2v) is 5.49. The highest BCUT2D eigenvalue weighted by Crippen LogP contribution is 2.22. The van der Waals surface area contributed by atoms with Crippen molar-refractivity contribution in [2.75, 3.05) is 6.54 Å². The Morgan fingerprint density at radius 3 is 2.55 bits per heavy atom. The smallest absolute Gasteiger partial charge is 0.159 e. The van der Waals surface area contributed by atoms with Crippen LogP contribution in [0.1, 0.15) is 44.6 Å². The molecule has 1 fully saturated rings. The zero-order valence-electron chi connectivity index (χ0n) is 12.0. The Labute approximate surface area is 119 Å². The summed E-state index contributed by atoms with van der Waals surface area (Å²) in [4.78, 5) is 0. The second-order valence-electron chi connectivity index (χ2n) is 5.49.